The molecule has 1 heterocycles. The topological polar surface area (TPSA) is 4.93 Å². The minimum absolute atomic E-state index is 1.16. The Hall–Kier alpha value is -7.22. The summed E-state index contributed by atoms with van der Waals surface area (Å²) in [6, 6.07) is 77.9. The van der Waals surface area contributed by atoms with E-state index in [1.807, 2.05) is 0 Å². The average Bonchev–Trinajstić information content (AvgIpc) is 3.59. The fourth-order valence-corrected chi connectivity index (χ4v) is 8.97. The predicted octanol–water partition coefficient (Wildman–Crippen LogP) is 14.9. The van der Waals surface area contributed by atoms with Gasteiger partial charge in [-0.2, -0.15) is 0 Å². The van der Waals surface area contributed by atoms with Crippen molar-refractivity contribution in [2.45, 2.75) is 0 Å². The maximum absolute atomic E-state index is 2.42. The molecule has 0 atom stereocenters. The fraction of sp³-hybridized carbons (Fsp3) is 0. The predicted molar refractivity (Wildman–Crippen MR) is 235 cm³/mol. The second-order valence-electron chi connectivity index (χ2n) is 14.4. The van der Waals surface area contributed by atoms with E-state index in [1.165, 1.54) is 98.6 Å². The van der Waals surface area contributed by atoms with Crippen molar-refractivity contribution in [3.05, 3.63) is 212 Å². The van der Waals surface area contributed by atoms with E-state index in [0.717, 1.165) is 5.69 Å². The van der Waals surface area contributed by atoms with Gasteiger partial charge in [-0.25, -0.2) is 0 Å². The van der Waals surface area contributed by atoms with E-state index in [0.29, 0.717) is 0 Å². The van der Waals surface area contributed by atoms with Crippen molar-refractivity contribution in [2.75, 3.05) is 0 Å². The Kier molecular flexibility index (Phi) is 7.25. The summed E-state index contributed by atoms with van der Waals surface area (Å²) < 4.78 is 2.39. The van der Waals surface area contributed by atoms with Crippen molar-refractivity contribution in [1.29, 1.82) is 0 Å². The van der Waals surface area contributed by atoms with Crippen molar-refractivity contribution in [1.82, 2.24) is 4.57 Å². The third-order valence-electron chi connectivity index (χ3n) is 11.4. The molecule has 0 unspecified atom stereocenters. The van der Waals surface area contributed by atoms with Gasteiger partial charge in [0.25, 0.3) is 0 Å². The summed E-state index contributed by atoms with van der Waals surface area (Å²) >= 11 is 0. The molecule has 1 heteroatoms. The van der Waals surface area contributed by atoms with Crippen molar-refractivity contribution in [3.8, 4) is 50.2 Å². The Bertz CT molecular complexity index is 3190. The highest BCUT2D eigenvalue weighted by atomic mass is 15.0. The van der Waals surface area contributed by atoms with Crippen LogP contribution < -0.4 is 0 Å². The molecule has 1 nitrogen and oxygen atoms in total. The van der Waals surface area contributed by atoms with Gasteiger partial charge in [-0.3, -0.25) is 0 Å². The molecule has 0 aliphatic carbocycles. The van der Waals surface area contributed by atoms with E-state index in [2.05, 4.69) is 217 Å². The average molecular weight is 698 g/mol. The van der Waals surface area contributed by atoms with Crippen molar-refractivity contribution in [3.63, 3.8) is 0 Å². The molecule has 0 aliphatic rings. The first-order valence-corrected chi connectivity index (χ1v) is 19.0. The van der Waals surface area contributed by atoms with Crippen molar-refractivity contribution < 1.29 is 0 Å². The van der Waals surface area contributed by atoms with Crippen LogP contribution >= 0.6 is 0 Å². The van der Waals surface area contributed by atoms with E-state index < -0.39 is 0 Å². The van der Waals surface area contributed by atoms with Gasteiger partial charge in [0.2, 0.25) is 0 Å². The number of para-hydroxylation sites is 2. The highest BCUT2D eigenvalue weighted by Crippen LogP contribution is 2.50. The van der Waals surface area contributed by atoms with E-state index in [-0.39, 0.29) is 0 Å². The summed E-state index contributed by atoms with van der Waals surface area (Å²) in [5.74, 6) is 0. The zero-order valence-electron chi connectivity index (χ0n) is 30.2. The Morgan fingerprint density at radius 1 is 0.255 bits per heavy atom. The van der Waals surface area contributed by atoms with Crippen LogP contribution in [-0.4, -0.2) is 4.57 Å². The van der Waals surface area contributed by atoms with Gasteiger partial charge in [0.05, 0.1) is 11.0 Å². The molecule has 0 fully saturated rings. The maximum atomic E-state index is 2.42. The zero-order chi connectivity index (χ0) is 36.3. The van der Waals surface area contributed by atoms with Gasteiger partial charge in [-0.1, -0.05) is 176 Å². The van der Waals surface area contributed by atoms with E-state index >= 15 is 0 Å². The summed E-state index contributed by atoms with van der Waals surface area (Å²) in [5.41, 5.74) is 13.4. The lowest BCUT2D eigenvalue weighted by molar-refractivity contribution is 1.18. The summed E-state index contributed by atoms with van der Waals surface area (Å²) in [5, 5.41) is 9.99. The second-order valence-corrected chi connectivity index (χ2v) is 14.4. The van der Waals surface area contributed by atoms with Gasteiger partial charge in [-0.05, 0) is 113 Å². The molecule has 11 rings (SSSR count). The molecule has 1 aromatic heterocycles. The van der Waals surface area contributed by atoms with Gasteiger partial charge >= 0.3 is 0 Å². The molecule has 0 saturated heterocycles. The number of rotatable bonds is 5. The number of aromatic nitrogens is 1. The largest absolute Gasteiger partial charge is 0.309 e. The molecular formula is C54H35N. The highest BCUT2D eigenvalue weighted by molar-refractivity contribution is 6.24. The number of fused-ring (bicyclic) bond motifs is 6. The van der Waals surface area contributed by atoms with Crippen LogP contribution in [0.1, 0.15) is 0 Å². The van der Waals surface area contributed by atoms with Crippen LogP contribution in [-0.2, 0) is 0 Å². The monoisotopic (exact) mass is 697 g/mol. The molecule has 0 radical (unpaired) electrons. The number of hydrogen-bond acceptors (Lipinski definition) is 0. The Balaban J connectivity index is 1.24. The molecule has 11 aromatic rings. The first-order chi connectivity index (χ1) is 27.3. The summed E-state index contributed by atoms with van der Waals surface area (Å²) in [4.78, 5) is 0. The van der Waals surface area contributed by atoms with Crippen LogP contribution in [0.15, 0.2) is 212 Å². The minimum Gasteiger partial charge on any atom is -0.309 e. The normalized spacial score (nSPS) is 11.6. The number of hydrogen-bond donors (Lipinski definition) is 0. The lowest BCUT2D eigenvalue weighted by Crippen LogP contribution is -1.96. The van der Waals surface area contributed by atoms with Crippen LogP contribution in [0.3, 0.4) is 0 Å². The Labute approximate surface area is 320 Å². The Morgan fingerprint density at radius 2 is 0.782 bits per heavy atom. The summed E-state index contributed by atoms with van der Waals surface area (Å²) in [7, 11) is 0. The van der Waals surface area contributed by atoms with Gasteiger partial charge in [-0.15, -0.1) is 0 Å². The van der Waals surface area contributed by atoms with Crippen LogP contribution in [0.5, 0.6) is 0 Å². The van der Waals surface area contributed by atoms with E-state index in [4.69, 9.17) is 0 Å². The van der Waals surface area contributed by atoms with Crippen LogP contribution in [0.4, 0.5) is 0 Å². The SMILES string of the molecule is c1ccc(-c2cccc(-c3ccc4c(c3)c3ccccc3n4-c3ccccc3)c2-c2c3ccccc3c(-c3ccc4ccccc4c3)c3ccccc23)cc1. The Morgan fingerprint density at radius 3 is 1.49 bits per heavy atom. The zero-order valence-corrected chi connectivity index (χ0v) is 30.2. The minimum atomic E-state index is 1.16. The van der Waals surface area contributed by atoms with Gasteiger partial charge in [0.15, 0.2) is 0 Å². The molecular weight excluding hydrogens is 663 g/mol. The molecule has 10 aromatic carbocycles. The summed E-state index contributed by atoms with van der Waals surface area (Å²) in [6.45, 7) is 0. The molecule has 0 spiro atoms. The van der Waals surface area contributed by atoms with Crippen molar-refractivity contribution >= 4 is 54.1 Å². The van der Waals surface area contributed by atoms with Crippen LogP contribution in [0, 0.1) is 0 Å². The fourth-order valence-electron chi connectivity index (χ4n) is 8.97. The molecule has 0 amide bonds. The van der Waals surface area contributed by atoms with Crippen LogP contribution in [0.2, 0.25) is 0 Å². The summed E-state index contributed by atoms with van der Waals surface area (Å²) in [6.07, 6.45) is 0. The van der Waals surface area contributed by atoms with Gasteiger partial charge in [0.1, 0.15) is 0 Å². The maximum Gasteiger partial charge on any atom is 0.0541 e. The lowest BCUT2D eigenvalue weighted by atomic mass is 9.80. The molecule has 256 valence electrons. The number of benzene rings is 10. The number of nitrogens with zero attached hydrogens (tertiary/aromatic N) is 1. The van der Waals surface area contributed by atoms with Gasteiger partial charge in [0, 0.05) is 16.5 Å². The second kappa shape index (κ2) is 12.7. The quantitative estimate of drug-likeness (QED) is 0.158. The molecule has 0 bridgehead atoms. The smallest absolute Gasteiger partial charge is 0.0541 e. The van der Waals surface area contributed by atoms with Gasteiger partial charge < -0.3 is 4.57 Å². The third-order valence-corrected chi connectivity index (χ3v) is 11.4. The third kappa shape index (κ3) is 5.01. The standard InChI is InChI=1S/C54H35N/c1-3-17-37(18-4-1)42-27-15-28-43(39-32-33-51-49(35-39)44-22-13-14-29-50(44)55(51)41-20-5-2-6-21-41)53(42)54-47-25-11-9-23-45(47)52(46-24-10-12-26-48(46)54)40-31-30-36-16-7-8-19-38(36)34-40/h1-35H. The van der Waals surface area contributed by atoms with Crippen LogP contribution in [0.25, 0.3) is 104 Å². The molecule has 0 aliphatic heterocycles. The van der Waals surface area contributed by atoms with Crippen molar-refractivity contribution in [2.24, 2.45) is 0 Å². The molecule has 55 heavy (non-hydrogen) atoms. The van der Waals surface area contributed by atoms with E-state index in [1.54, 1.807) is 0 Å². The highest BCUT2D eigenvalue weighted by Gasteiger charge is 2.23. The molecule has 0 N–H and O–H groups in total. The first kappa shape index (κ1) is 31.3. The first-order valence-electron chi connectivity index (χ1n) is 19.0. The van der Waals surface area contributed by atoms with E-state index in [9.17, 15) is 0 Å². The molecule has 0 saturated carbocycles. The lowest BCUT2D eigenvalue weighted by Gasteiger charge is -2.22.